The Kier molecular flexibility index (Phi) is 6.35. The summed E-state index contributed by atoms with van der Waals surface area (Å²) in [5.41, 5.74) is 1.05. The molecule has 0 unspecified atom stereocenters. The van der Waals surface area contributed by atoms with Gasteiger partial charge in [0.2, 0.25) is 5.91 Å². The number of Topliss-reactive ketones (excluding diaryl/α,β-unsaturated/α-hetero) is 1. The lowest BCUT2D eigenvalue weighted by Gasteiger charge is -2.28. The highest BCUT2D eigenvalue weighted by atomic mass is 35.5. The van der Waals surface area contributed by atoms with Crippen LogP contribution in [0.4, 0.5) is 0 Å². The number of aromatic nitrogens is 1. The summed E-state index contributed by atoms with van der Waals surface area (Å²) in [6.45, 7) is 0.535. The van der Waals surface area contributed by atoms with E-state index in [1.165, 1.54) is 0 Å². The van der Waals surface area contributed by atoms with Gasteiger partial charge in [-0.15, -0.1) is 6.42 Å². The Bertz CT molecular complexity index is 1200. The summed E-state index contributed by atoms with van der Waals surface area (Å²) in [4.78, 5) is 44.0. The average molecular weight is 500 g/mol. The van der Waals surface area contributed by atoms with E-state index >= 15 is 0 Å². The van der Waals surface area contributed by atoms with Crippen molar-refractivity contribution in [2.24, 2.45) is 17.8 Å². The second-order valence-corrected chi connectivity index (χ2v) is 10.7. The van der Waals surface area contributed by atoms with Gasteiger partial charge in [-0.05, 0) is 62.1 Å². The molecule has 2 aromatic rings. The van der Waals surface area contributed by atoms with Crippen molar-refractivity contribution >= 4 is 51.7 Å². The Morgan fingerprint density at radius 2 is 2.03 bits per heavy atom. The number of likely N-dealkylation sites (tertiary alicyclic amines) is 1. The summed E-state index contributed by atoms with van der Waals surface area (Å²) in [5, 5.41) is 4.63. The first-order valence-corrected chi connectivity index (χ1v) is 12.7. The smallest absolute Gasteiger partial charge is 0.271 e. The number of H-pyrrole nitrogens is 1. The number of nitrogens with zero attached hydrogens (tertiary/aromatic N) is 1. The zero-order valence-electron chi connectivity index (χ0n) is 18.8. The maximum Gasteiger partial charge on any atom is 0.271 e. The number of nitrogens with one attached hydrogen (secondary N) is 2. The molecule has 1 aromatic carbocycles. The van der Waals surface area contributed by atoms with Crippen LogP contribution in [0.15, 0.2) is 18.2 Å². The topological polar surface area (TPSA) is 82.3 Å². The van der Waals surface area contributed by atoms with E-state index in [1.54, 1.807) is 23.1 Å². The predicted molar refractivity (Wildman–Crippen MR) is 132 cm³/mol. The van der Waals surface area contributed by atoms with Gasteiger partial charge in [0, 0.05) is 34.8 Å². The first-order chi connectivity index (χ1) is 16.4. The number of hydrogen-bond donors (Lipinski definition) is 2. The number of ketones is 1. The summed E-state index contributed by atoms with van der Waals surface area (Å²) < 4.78 is 0. The molecule has 1 aromatic heterocycles. The number of rotatable bonds is 5. The normalized spacial score (nSPS) is 27.1. The molecular weight excluding hydrogens is 473 g/mol. The molecule has 178 valence electrons. The Morgan fingerprint density at radius 1 is 1.21 bits per heavy atom. The third-order valence-corrected chi connectivity index (χ3v) is 8.30. The van der Waals surface area contributed by atoms with Gasteiger partial charge >= 0.3 is 0 Å². The highest BCUT2D eigenvalue weighted by Gasteiger charge is 2.50. The van der Waals surface area contributed by atoms with Crippen molar-refractivity contribution in [3.8, 4) is 12.3 Å². The Morgan fingerprint density at radius 3 is 2.76 bits per heavy atom. The van der Waals surface area contributed by atoms with Crippen molar-refractivity contribution in [1.82, 2.24) is 15.2 Å². The van der Waals surface area contributed by atoms with Crippen molar-refractivity contribution in [1.29, 1.82) is 0 Å². The Balaban J connectivity index is 1.38. The van der Waals surface area contributed by atoms with Gasteiger partial charge in [0.1, 0.15) is 17.5 Å². The monoisotopic (exact) mass is 499 g/mol. The van der Waals surface area contributed by atoms with Gasteiger partial charge in [0.15, 0.2) is 0 Å². The van der Waals surface area contributed by atoms with Crippen LogP contribution in [0, 0.1) is 30.1 Å². The standard InChI is InChI=1S/C26H27Cl2N3O3/c1-2-17(9-14-5-4-8-23(14)32)29-25(33)24-18-7-3-6-15(18)13-31(24)26(34)22-12-19-20(28)10-16(27)11-21(19)30-22/h1,10-12,14-15,17-18,24,30H,3-9,13H2,(H,29,33)/t14-,15-,17+,18-,24-/m0/s1. The fourth-order valence-electron chi connectivity index (χ4n) is 6.13. The Hall–Kier alpha value is -2.49. The van der Waals surface area contributed by atoms with Gasteiger partial charge in [-0.25, -0.2) is 0 Å². The Labute approximate surface area is 208 Å². The number of amides is 2. The first kappa shape index (κ1) is 23.3. The molecule has 5 rings (SSSR count). The van der Waals surface area contributed by atoms with Gasteiger partial charge in [0.05, 0.1) is 11.1 Å². The van der Waals surface area contributed by atoms with Crippen LogP contribution in [0.5, 0.6) is 0 Å². The summed E-state index contributed by atoms with van der Waals surface area (Å²) >= 11 is 12.4. The van der Waals surface area contributed by atoms with Crippen molar-refractivity contribution in [3.05, 3.63) is 33.9 Å². The van der Waals surface area contributed by atoms with E-state index < -0.39 is 12.1 Å². The quantitative estimate of drug-likeness (QED) is 0.590. The second-order valence-electron chi connectivity index (χ2n) is 9.81. The summed E-state index contributed by atoms with van der Waals surface area (Å²) in [6.07, 6.45) is 11.4. The van der Waals surface area contributed by atoms with E-state index in [4.69, 9.17) is 29.6 Å². The third-order valence-electron chi connectivity index (χ3n) is 7.77. The van der Waals surface area contributed by atoms with Gasteiger partial charge in [-0.3, -0.25) is 14.4 Å². The molecule has 2 aliphatic carbocycles. The van der Waals surface area contributed by atoms with Crippen LogP contribution < -0.4 is 5.32 Å². The zero-order chi connectivity index (χ0) is 24.0. The first-order valence-electron chi connectivity index (χ1n) is 11.9. The van der Waals surface area contributed by atoms with E-state index in [-0.39, 0.29) is 29.4 Å². The molecular formula is C26H27Cl2N3O3. The van der Waals surface area contributed by atoms with Crippen LogP contribution >= 0.6 is 23.2 Å². The van der Waals surface area contributed by atoms with Crippen LogP contribution in [-0.4, -0.2) is 46.1 Å². The van der Waals surface area contributed by atoms with Crippen molar-refractivity contribution in [2.45, 2.75) is 57.0 Å². The number of halogens is 2. The molecule has 0 bridgehead atoms. The van der Waals surface area contributed by atoms with E-state index in [1.807, 2.05) is 0 Å². The van der Waals surface area contributed by atoms with Gasteiger partial charge in [0.25, 0.3) is 5.91 Å². The van der Waals surface area contributed by atoms with Gasteiger partial charge < -0.3 is 15.2 Å². The lowest BCUT2D eigenvalue weighted by atomic mass is 9.92. The highest BCUT2D eigenvalue weighted by Crippen LogP contribution is 2.43. The lowest BCUT2D eigenvalue weighted by Crippen LogP contribution is -2.51. The molecule has 2 amide bonds. The molecule has 3 fully saturated rings. The number of carbonyl (C=O) groups is 3. The number of benzene rings is 1. The van der Waals surface area contributed by atoms with E-state index in [2.05, 4.69) is 16.2 Å². The summed E-state index contributed by atoms with van der Waals surface area (Å²) in [7, 11) is 0. The molecule has 0 spiro atoms. The maximum atomic E-state index is 13.6. The van der Waals surface area contributed by atoms with Gasteiger partial charge in [-0.2, -0.15) is 0 Å². The predicted octanol–water partition coefficient (Wildman–Crippen LogP) is 4.59. The SMILES string of the molecule is C#C[C@H](C[C@@H]1CCCC1=O)NC(=O)[C@@H]1[C@H]2CCC[C@H]2CN1C(=O)c1cc2c(Cl)cc(Cl)cc2[nH]1. The molecule has 1 saturated heterocycles. The van der Waals surface area contributed by atoms with Crippen LogP contribution in [0.1, 0.15) is 55.4 Å². The number of aromatic amines is 1. The van der Waals surface area contributed by atoms with Crippen LogP contribution in [0.3, 0.4) is 0 Å². The molecule has 34 heavy (non-hydrogen) atoms. The minimum Gasteiger partial charge on any atom is -0.350 e. The number of carbonyl (C=O) groups excluding carboxylic acids is 3. The van der Waals surface area contributed by atoms with Crippen molar-refractivity contribution in [3.63, 3.8) is 0 Å². The zero-order valence-corrected chi connectivity index (χ0v) is 20.3. The third kappa shape index (κ3) is 4.21. The molecule has 1 aliphatic heterocycles. The van der Waals surface area contributed by atoms with Crippen LogP contribution in [0.2, 0.25) is 10.0 Å². The van der Waals surface area contributed by atoms with E-state index in [9.17, 15) is 14.4 Å². The second kappa shape index (κ2) is 9.28. The fraction of sp³-hybridized carbons (Fsp3) is 0.500. The van der Waals surface area contributed by atoms with Gasteiger partial charge in [-0.1, -0.05) is 35.5 Å². The summed E-state index contributed by atoms with van der Waals surface area (Å²) in [5.74, 6) is 2.72. The highest BCUT2D eigenvalue weighted by molar-refractivity contribution is 6.38. The number of fused-ring (bicyclic) bond motifs is 2. The summed E-state index contributed by atoms with van der Waals surface area (Å²) in [6, 6.07) is 3.98. The van der Waals surface area contributed by atoms with Crippen molar-refractivity contribution in [2.75, 3.05) is 6.54 Å². The minimum absolute atomic E-state index is 0.0928. The van der Waals surface area contributed by atoms with Crippen molar-refractivity contribution < 1.29 is 14.4 Å². The molecule has 2 saturated carbocycles. The van der Waals surface area contributed by atoms with Crippen LogP contribution in [0.25, 0.3) is 10.9 Å². The molecule has 2 N–H and O–H groups in total. The molecule has 3 aliphatic rings. The minimum atomic E-state index is -0.583. The maximum absolute atomic E-state index is 13.6. The molecule has 0 radical (unpaired) electrons. The molecule has 2 heterocycles. The number of terminal acetylenes is 1. The van der Waals surface area contributed by atoms with Crippen LogP contribution in [-0.2, 0) is 9.59 Å². The molecule has 8 heteroatoms. The molecule has 5 atom stereocenters. The number of hydrogen-bond acceptors (Lipinski definition) is 3. The van der Waals surface area contributed by atoms with E-state index in [0.29, 0.717) is 51.9 Å². The average Bonchev–Trinajstić information content (AvgIpc) is 3.56. The lowest BCUT2D eigenvalue weighted by molar-refractivity contribution is -0.127. The molecule has 6 nitrogen and oxygen atoms in total. The largest absolute Gasteiger partial charge is 0.350 e. The fourth-order valence-corrected chi connectivity index (χ4v) is 6.68. The van der Waals surface area contributed by atoms with E-state index in [0.717, 1.165) is 32.1 Å².